The third-order valence-electron chi connectivity index (χ3n) is 6.95. The summed E-state index contributed by atoms with van der Waals surface area (Å²) < 4.78 is 5.56. The van der Waals surface area contributed by atoms with Gasteiger partial charge < -0.3 is 14.5 Å². The van der Waals surface area contributed by atoms with Crippen LogP contribution in [0.4, 0.5) is 4.79 Å². The van der Waals surface area contributed by atoms with E-state index in [1.807, 2.05) is 30.5 Å². The van der Waals surface area contributed by atoms with E-state index in [9.17, 15) is 4.79 Å². The number of methoxy groups -OCH3 is 1. The highest BCUT2D eigenvalue weighted by molar-refractivity contribution is 5.78. The van der Waals surface area contributed by atoms with Gasteiger partial charge in [0.25, 0.3) is 0 Å². The van der Waals surface area contributed by atoms with Crippen molar-refractivity contribution in [3.05, 3.63) is 95.8 Å². The molecule has 0 unspecified atom stereocenters. The standard InChI is InChI=1S/C27H29N3O2/c1-32-26-12-6-5-11-23(26)19-30-24-14-13-22(21-9-3-2-4-10-21)16-25(24)29(27(30)31)18-20-8-7-15-28-17-20/h2-12,15,17,22,24-25H,13-14,16,18-19H2,1H3/t22-,24+,25-/m1/s1. The molecule has 0 radical (unpaired) electrons. The fourth-order valence-electron chi connectivity index (χ4n) is 5.38. The molecule has 1 saturated heterocycles. The van der Waals surface area contributed by atoms with Crippen LogP contribution in [0.25, 0.3) is 0 Å². The van der Waals surface area contributed by atoms with E-state index in [2.05, 4.69) is 57.2 Å². The topological polar surface area (TPSA) is 45.7 Å². The molecule has 2 aromatic carbocycles. The molecule has 5 nitrogen and oxygen atoms in total. The molecule has 0 bridgehead atoms. The number of carbonyl (C=O) groups excluding carboxylic acids is 1. The lowest BCUT2D eigenvalue weighted by Gasteiger charge is -2.36. The van der Waals surface area contributed by atoms with Crippen molar-refractivity contribution in [3.8, 4) is 5.75 Å². The zero-order valence-electron chi connectivity index (χ0n) is 18.4. The molecular weight excluding hydrogens is 398 g/mol. The van der Waals surface area contributed by atoms with Gasteiger partial charge in [0.15, 0.2) is 0 Å². The predicted molar refractivity (Wildman–Crippen MR) is 124 cm³/mol. The number of hydrogen-bond donors (Lipinski definition) is 0. The maximum atomic E-state index is 13.7. The Morgan fingerprint density at radius 3 is 2.47 bits per heavy atom. The van der Waals surface area contributed by atoms with Gasteiger partial charge in [-0.1, -0.05) is 54.6 Å². The Labute approximate surface area is 189 Å². The number of rotatable bonds is 6. The normalized spacial score (nSPS) is 22.7. The van der Waals surface area contributed by atoms with Gasteiger partial charge in [-0.15, -0.1) is 0 Å². The third-order valence-corrected chi connectivity index (χ3v) is 6.95. The Morgan fingerprint density at radius 1 is 0.906 bits per heavy atom. The van der Waals surface area contributed by atoms with E-state index in [0.29, 0.717) is 19.0 Å². The number of amides is 2. The van der Waals surface area contributed by atoms with Crippen molar-refractivity contribution in [1.29, 1.82) is 0 Å². The first-order chi connectivity index (χ1) is 15.7. The molecule has 0 spiro atoms. The SMILES string of the molecule is COc1ccccc1CN1C(=O)N(Cc2cccnc2)[C@@H]2C[C@H](c3ccccc3)CC[C@@H]21. The highest BCUT2D eigenvalue weighted by Gasteiger charge is 2.48. The van der Waals surface area contributed by atoms with Crippen LogP contribution in [0.2, 0.25) is 0 Å². The first kappa shape index (κ1) is 20.6. The number of urea groups is 1. The van der Waals surface area contributed by atoms with Crippen LogP contribution in [0.1, 0.15) is 41.9 Å². The summed E-state index contributed by atoms with van der Waals surface area (Å²) in [4.78, 5) is 22.1. The van der Waals surface area contributed by atoms with Crippen LogP contribution in [-0.4, -0.2) is 40.0 Å². The van der Waals surface area contributed by atoms with Gasteiger partial charge in [0.2, 0.25) is 0 Å². The summed E-state index contributed by atoms with van der Waals surface area (Å²) in [5, 5.41) is 0. The lowest BCUT2D eigenvalue weighted by molar-refractivity contribution is 0.180. The highest BCUT2D eigenvalue weighted by Crippen LogP contribution is 2.42. The number of aromatic nitrogens is 1. The summed E-state index contributed by atoms with van der Waals surface area (Å²) in [5.41, 5.74) is 3.50. The summed E-state index contributed by atoms with van der Waals surface area (Å²) in [6.07, 6.45) is 6.74. The van der Waals surface area contributed by atoms with Crippen LogP contribution >= 0.6 is 0 Å². The number of ether oxygens (including phenoxy) is 1. The maximum absolute atomic E-state index is 13.7. The number of carbonyl (C=O) groups is 1. The van der Waals surface area contributed by atoms with Crippen molar-refractivity contribution < 1.29 is 9.53 Å². The minimum absolute atomic E-state index is 0.114. The highest BCUT2D eigenvalue weighted by atomic mass is 16.5. The second-order valence-electron chi connectivity index (χ2n) is 8.77. The molecule has 1 saturated carbocycles. The molecular formula is C27H29N3O2. The second-order valence-corrected chi connectivity index (χ2v) is 8.77. The molecule has 1 aromatic heterocycles. The number of benzene rings is 2. The first-order valence-corrected chi connectivity index (χ1v) is 11.4. The minimum atomic E-state index is 0.114. The van der Waals surface area contributed by atoms with Gasteiger partial charge in [0.1, 0.15) is 5.75 Å². The summed E-state index contributed by atoms with van der Waals surface area (Å²) in [6, 6.07) is 23.2. The van der Waals surface area contributed by atoms with Gasteiger partial charge in [0, 0.05) is 24.5 Å². The van der Waals surface area contributed by atoms with Crippen molar-refractivity contribution in [3.63, 3.8) is 0 Å². The number of hydrogen-bond acceptors (Lipinski definition) is 3. The molecule has 164 valence electrons. The Hall–Kier alpha value is -3.34. The fourth-order valence-corrected chi connectivity index (χ4v) is 5.38. The molecule has 3 atom stereocenters. The lowest BCUT2D eigenvalue weighted by atomic mass is 9.78. The van der Waals surface area contributed by atoms with E-state index in [1.165, 1.54) is 5.56 Å². The average Bonchev–Trinajstić information content (AvgIpc) is 3.11. The minimum Gasteiger partial charge on any atom is -0.496 e. The molecule has 1 aliphatic carbocycles. The maximum Gasteiger partial charge on any atom is 0.321 e. The van der Waals surface area contributed by atoms with Gasteiger partial charge in [-0.2, -0.15) is 0 Å². The second kappa shape index (κ2) is 9.03. The Balaban J connectivity index is 1.44. The van der Waals surface area contributed by atoms with Crippen molar-refractivity contribution in [2.45, 2.75) is 50.4 Å². The van der Waals surface area contributed by atoms with Gasteiger partial charge >= 0.3 is 6.03 Å². The van der Waals surface area contributed by atoms with E-state index in [-0.39, 0.29) is 18.1 Å². The van der Waals surface area contributed by atoms with Crippen molar-refractivity contribution in [2.24, 2.45) is 0 Å². The molecule has 2 amide bonds. The van der Waals surface area contributed by atoms with Gasteiger partial charge in [-0.3, -0.25) is 4.98 Å². The molecule has 5 heteroatoms. The van der Waals surface area contributed by atoms with Gasteiger partial charge in [-0.25, -0.2) is 4.79 Å². The van der Waals surface area contributed by atoms with E-state index in [1.54, 1.807) is 13.3 Å². The van der Waals surface area contributed by atoms with Crippen molar-refractivity contribution in [2.75, 3.05) is 7.11 Å². The molecule has 2 aliphatic rings. The lowest BCUT2D eigenvalue weighted by Crippen LogP contribution is -2.41. The third kappa shape index (κ3) is 3.95. The fraction of sp³-hybridized carbons (Fsp3) is 0.333. The molecule has 2 heterocycles. The van der Waals surface area contributed by atoms with Gasteiger partial charge in [0.05, 0.1) is 25.7 Å². The zero-order valence-corrected chi connectivity index (χ0v) is 18.4. The summed E-state index contributed by atoms with van der Waals surface area (Å²) in [5.74, 6) is 1.31. The molecule has 32 heavy (non-hydrogen) atoms. The molecule has 2 fully saturated rings. The number of pyridine rings is 1. The predicted octanol–water partition coefficient (Wildman–Crippen LogP) is 5.23. The van der Waals surface area contributed by atoms with Crippen LogP contribution in [0.5, 0.6) is 5.75 Å². The van der Waals surface area contributed by atoms with E-state index >= 15 is 0 Å². The van der Waals surface area contributed by atoms with Crippen LogP contribution in [-0.2, 0) is 13.1 Å². The van der Waals surface area contributed by atoms with E-state index in [4.69, 9.17) is 4.74 Å². The average molecular weight is 428 g/mol. The molecule has 0 N–H and O–H groups in total. The summed E-state index contributed by atoms with van der Waals surface area (Å²) in [6.45, 7) is 1.17. The Bertz CT molecular complexity index is 1060. The number of nitrogens with zero attached hydrogens (tertiary/aromatic N) is 3. The first-order valence-electron chi connectivity index (χ1n) is 11.4. The Kier molecular flexibility index (Phi) is 5.80. The smallest absolute Gasteiger partial charge is 0.321 e. The van der Waals surface area contributed by atoms with E-state index < -0.39 is 0 Å². The van der Waals surface area contributed by atoms with Crippen molar-refractivity contribution in [1.82, 2.24) is 14.8 Å². The molecule has 3 aromatic rings. The van der Waals surface area contributed by atoms with Gasteiger partial charge in [-0.05, 0) is 48.4 Å². The summed E-state index contributed by atoms with van der Waals surface area (Å²) in [7, 11) is 1.69. The number of para-hydroxylation sites is 1. The van der Waals surface area contributed by atoms with Crippen LogP contribution < -0.4 is 4.74 Å². The quantitative estimate of drug-likeness (QED) is 0.541. The van der Waals surface area contributed by atoms with Crippen LogP contribution in [0, 0.1) is 0 Å². The Morgan fingerprint density at radius 2 is 1.69 bits per heavy atom. The molecule has 1 aliphatic heterocycles. The monoisotopic (exact) mass is 427 g/mol. The zero-order chi connectivity index (χ0) is 21.9. The van der Waals surface area contributed by atoms with Crippen molar-refractivity contribution >= 4 is 6.03 Å². The largest absolute Gasteiger partial charge is 0.496 e. The van der Waals surface area contributed by atoms with E-state index in [0.717, 1.165) is 36.1 Å². The number of fused-ring (bicyclic) bond motifs is 1. The van der Waals surface area contributed by atoms with Crippen LogP contribution in [0.15, 0.2) is 79.1 Å². The van der Waals surface area contributed by atoms with Crippen LogP contribution in [0.3, 0.4) is 0 Å². The molecule has 5 rings (SSSR count). The summed E-state index contributed by atoms with van der Waals surface area (Å²) >= 11 is 0.